The molecule has 0 spiro atoms. The SMILES string of the molecule is CC(=O)Nc1ccc(N2C(=O)NC(=O)\C(=C/C=C(/C=C/c3c([O-])[nH]c(=O)n(-c4ccc(NC(C)=O)cc4)c3=O)c3ccncc3)C2=O)cc1.[K+]. The van der Waals surface area contributed by atoms with Gasteiger partial charge in [0.2, 0.25) is 11.8 Å². The summed E-state index contributed by atoms with van der Waals surface area (Å²) in [6.45, 7) is 2.66. The van der Waals surface area contributed by atoms with Gasteiger partial charge in [-0.2, -0.15) is 0 Å². The number of nitrogens with zero attached hydrogens (tertiary/aromatic N) is 3. The zero-order chi connectivity index (χ0) is 35.2. The summed E-state index contributed by atoms with van der Waals surface area (Å²) < 4.78 is 0.760. The predicted octanol–water partition coefficient (Wildman–Crippen LogP) is -0.779. The maximum absolute atomic E-state index is 13.4. The minimum absolute atomic E-state index is 0. The molecule has 0 unspecified atom stereocenters. The third-order valence-electron chi connectivity index (χ3n) is 6.97. The number of pyridine rings is 1. The molecule has 1 aliphatic heterocycles. The Kier molecular flexibility index (Phi) is 12.1. The van der Waals surface area contributed by atoms with Gasteiger partial charge in [0.05, 0.1) is 11.4 Å². The molecule has 16 heteroatoms. The second kappa shape index (κ2) is 16.3. The van der Waals surface area contributed by atoms with Gasteiger partial charge in [0.25, 0.3) is 17.4 Å². The zero-order valence-corrected chi connectivity index (χ0v) is 30.0. The summed E-state index contributed by atoms with van der Waals surface area (Å²) in [6.07, 6.45) is 8.07. The number of anilines is 3. The van der Waals surface area contributed by atoms with Crippen molar-refractivity contribution < 1.29 is 80.5 Å². The monoisotopic (exact) mass is 699 g/mol. The first-order valence-corrected chi connectivity index (χ1v) is 14.4. The number of rotatable bonds is 8. The molecule has 2 aromatic carbocycles. The van der Waals surface area contributed by atoms with Gasteiger partial charge in [-0.05, 0) is 89.8 Å². The first-order chi connectivity index (χ1) is 23.4. The van der Waals surface area contributed by atoms with Crippen LogP contribution in [0.4, 0.5) is 21.9 Å². The number of hydrogen-bond donors (Lipinski definition) is 4. The van der Waals surface area contributed by atoms with Crippen molar-refractivity contribution in [2.75, 3.05) is 15.5 Å². The first kappa shape index (κ1) is 37.3. The summed E-state index contributed by atoms with van der Waals surface area (Å²) in [5, 5.41) is 20.0. The van der Waals surface area contributed by atoms with Crippen LogP contribution in [-0.2, 0) is 19.2 Å². The van der Waals surface area contributed by atoms with Gasteiger partial charge in [0.15, 0.2) is 0 Å². The van der Waals surface area contributed by atoms with Crippen LogP contribution in [-0.4, -0.2) is 44.2 Å². The fourth-order valence-electron chi connectivity index (χ4n) is 4.76. The molecule has 246 valence electrons. The molecule has 6 amide bonds. The molecule has 50 heavy (non-hydrogen) atoms. The van der Waals surface area contributed by atoms with Crippen molar-refractivity contribution in [3.05, 3.63) is 129 Å². The van der Waals surface area contributed by atoms with E-state index in [1.54, 1.807) is 12.1 Å². The molecule has 0 saturated carbocycles. The van der Waals surface area contributed by atoms with Gasteiger partial charge in [0.1, 0.15) is 5.57 Å². The molecule has 2 aromatic heterocycles. The van der Waals surface area contributed by atoms with Crippen LogP contribution in [0.15, 0.2) is 106 Å². The molecule has 4 aromatic rings. The van der Waals surface area contributed by atoms with Crippen molar-refractivity contribution in [2.45, 2.75) is 13.8 Å². The van der Waals surface area contributed by atoms with Gasteiger partial charge in [-0.15, -0.1) is 0 Å². The Balaban J connectivity index is 0.00000562. The van der Waals surface area contributed by atoms with Crippen molar-refractivity contribution in [1.29, 1.82) is 0 Å². The number of aromatic amines is 1. The third kappa shape index (κ3) is 8.54. The number of hydrogen-bond acceptors (Lipinski definition) is 9. The molecule has 4 N–H and O–H groups in total. The summed E-state index contributed by atoms with van der Waals surface area (Å²) >= 11 is 0. The quantitative estimate of drug-likeness (QED) is 0.0785. The molecule has 5 rings (SSSR count). The van der Waals surface area contributed by atoms with Crippen molar-refractivity contribution in [3.8, 4) is 11.6 Å². The van der Waals surface area contributed by atoms with Crippen LogP contribution in [0.25, 0.3) is 17.3 Å². The van der Waals surface area contributed by atoms with Crippen LogP contribution in [0, 0.1) is 0 Å². The van der Waals surface area contributed by atoms with Crippen LogP contribution >= 0.6 is 0 Å². The van der Waals surface area contributed by atoms with E-state index in [-0.39, 0.29) is 74.6 Å². The third-order valence-corrected chi connectivity index (χ3v) is 6.97. The maximum atomic E-state index is 13.4. The summed E-state index contributed by atoms with van der Waals surface area (Å²) in [5.41, 5.74) is -0.738. The molecule has 15 nitrogen and oxygen atoms in total. The molecule has 1 aliphatic rings. The number of barbiturate groups is 1. The van der Waals surface area contributed by atoms with E-state index >= 15 is 0 Å². The molecular weight excluding hydrogens is 674 g/mol. The smallest absolute Gasteiger partial charge is 0.860 e. The molecule has 3 heterocycles. The van der Waals surface area contributed by atoms with E-state index in [0.717, 1.165) is 9.47 Å². The largest absolute Gasteiger partial charge is 1.00 e. The van der Waals surface area contributed by atoms with E-state index < -0.39 is 46.1 Å². The van der Waals surface area contributed by atoms with Gasteiger partial charge in [-0.1, -0.05) is 12.2 Å². The molecule has 1 fully saturated rings. The number of carbonyl (C=O) groups is 5. The van der Waals surface area contributed by atoms with Gasteiger partial charge in [-0.3, -0.25) is 34.3 Å². The standard InChI is InChI=1S/C34H27N7O8.K/c1-19(42)36-23-5-9-25(10-6-23)40-31(46)27(29(44)38-33(40)48)13-3-21(22-15-17-35-18-16-22)4-14-28-30(45)39-34(49)41(32(28)47)26-11-7-24(8-12-26)37-20(2)43;/h3-18,44H,1-2H3,(H,36,42)(H,37,43)(H,38,48)(H,39,45,49);/q;+1/p-1/b13-3+,21-4-,28-14+;. The van der Waals surface area contributed by atoms with Crippen molar-refractivity contribution in [3.63, 3.8) is 0 Å². The van der Waals surface area contributed by atoms with E-state index in [1.807, 2.05) is 0 Å². The number of imide groups is 2. The Morgan fingerprint density at radius 3 is 1.94 bits per heavy atom. The number of allylic oxidation sites excluding steroid dienone is 4. The number of aromatic nitrogens is 3. The summed E-state index contributed by atoms with van der Waals surface area (Å²) in [4.78, 5) is 94.5. The molecule has 0 atom stereocenters. The van der Waals surface area contributed by atoms with Gasteiger partial charge in [0, 0.05) is 43.2 Å². The van der Waals surface area contributed by atoms with Gasteiger partial charge >= 0.3 is 63.1 Å². The Hall–Kier alpha value is -5.52. The topological polar surface area (TPSA) is 215 Å². The van der Waals surface area contributed by atoms with Gasteiger partial charge in [-0.25, -0.2) is 19.1 Å². The Morgan fingerprint density at radius 1 is 0.820 bits per heavy atom. The average molecular weight is 700 g/mol. The minimum atomic E-state index is -0.972. The Labute approximate surface area is 325 Å². The number of carbonyl (C=O) groups excluding carboxylic acids is 5. The number of H-pyrrole nitrogens is 1. The summed E-state index contributed by atoms with van der Waals surface area (Å²) in [7, 11) is 0. The fourth-order valence-corrected chi connectivity index (χ4v) is 4.76. The molecule has 1 saturated heterocycles. The van der Waals surface area contributed by atoms with Crippen LogP contribution in [0.1, 0.15) is 25.0 Å². The Bertz CT molecular complexity index is 2210. The van der Waals surface area contributed by atoms with Crippen LogP contribution in [0.5, 0.6) is 5.88 Å². The molecule has 0 aliphatic carbocycles. The Morgan fingerprint density at radius 2 is 1.38 bits per heavy atom. The van der Waals surface area contributed by atoms with Crippen molar-refractivity contribution in [1.82, 2.24) is 19.9 Å². The van der Waals surface area contributed by atoms with Gasteiger partial charge < -0.3 is 20.7 Å². The maximum Gasteiger partial charge on any atom is 1.00 e. The van der Waals surface area contributed by atoms with Crippen LogP contribution in [0.2, 0.25) is 0 Å². The summed E-state index contributed by atoms with van der Waals surface area (Å²) in [5.74, 6) is -3.46. The second-order valence-electron chi connectivity index (χ2n) is 10.4. The number of benzene rings is 2. The first-order valence-electron chi connectivity index (χ1n) is 14.4. The predicted molar refractivity (Wildman–Crippen MR) is 178 cm³/mol. The van der Waals surface area contributed by atoms with Crippen LogP contribution in [0.3, 0.4) is 0 Å². The molecule has 0 bridgehead atoms. The second-order valence-corrected chi connectivity index (χ2v) is 10.4. The van der Waals surface area contributed by atoms with E-state index in [0.29, 0.717) is 22.5 Å². The van der Waals surface area contributed by atoms with E-state index in [2.05, 4.69) is 25.9 Å². The number of urea groups is 1. The normalized spacial score (nSPS) is 14.0. The molecule has 0 radical (unpaired) electrons. The number of nitrogens with one attached hydrogen (secondary N) is 4. The number of amides is 6. The van der Waals surface area contributed by atoms with Crippen LogP contribution < -0.4 is 88.6 Å². The van der Waals surface area contributed by atoms with Crippen molar-refractivity contribution >= 4 is 58.4 Å². The average Bonchev–Trinajstić information content (AvgIpc) is 3.04. The minimum Gasteiger partial charge on any atom is -0.860 e. The van der Waals surface area contributed by atoms with E-state index in [9.17, 15) is 38.7 Å². The fraction of sp³-hybridized carbons (Fsp3) is 0.0588. The zero-order valence-electron chi connectivity index (χ0n) is 26.8. The van der Waals surface area contributed by atoms with E-state index in [4.69, 9.17) is 0 Å². The van der Waals surface area contributed by atoms with E-state index in [1.165, 1.54) is 99.1 Å². The summed E-state index contributed by atoms with van der Waals surface area (Å²) in [6, 6.07) is 13.9. The molecular formula is C34H26KN7O8. The van der Waals surface area contributed by atoms with Crippen molar-refractivity contribution in [2.24, 2.45) is 0 Å².